The van der Waals surface area contributed by atoms with Crippen molar-refractivity contribution in [1.82, 2.24) is 5.32 Å². The van der Waals surface area contributed by atoms with Crippen LogP contribution < -0.4 is 15.8 Å². The van der Waals surface area contributed by atoms with E-state index in [0.29, 0.717) is 10.8 Å². The van der Waals surface area contributed by atoms with E-state index in [4.69, 9.17) is 26.8 Å². The van der Waals surface area contributed by atoms with Gasteiger partial charge in [-0.2, -0.15) is 0 Å². The van der Waals surface area contributed by atoms with Crippen molar-refractivity contribution in [3.05, 3.63) is 28.8 Å². The summed E-state index contributed by atoms with van der Waals surface area (Å²) in [5.74, 6) is -0.636. The Morgan fingerprint density at radius 3 is 2.52 bits per heavy atom. The number of halogens is 1. The molecule has 0 spiro atoms. The number of alkyl carbamates (subject to hydrolysis) is 1. The summed E-state index contributed by atoms with van der Waals surface area (Å²) in [4.78, 5) is 23.3. The van der Waals surface area contributed by atoms with E-state index in [2.05, 4.69) is 5.32 Å². The molecule has 1 aromatic rings. The Morgan fingerprint density at radius 1 is 1.35 bits per heavy atom. The molecule has 0 heterocycles. The number of methoxy groups -OCH3 is 1. The van der Waals surface area contributed by atoms with Crippen LogP contribution in [0.15, 0.2) is 18.2 Å². The number of rotatable bonds is 6. The normalized spacial score (nSPS) is 12.4. The van der Waals surface area contributed by atoms with Crippen molar-refractivity contribution >= 4 is 23.6 Å². The first kappa shape index (κ1) is 19.1. The maximum atomic E-state index is 11.7. The fourth-order valence-corrected chi connectivity index (χ4v) is 2.13. The van der Waals surface area contributed by atoms with Gasteiger partial charge >= 0.3 is 6.09 Å². The molecule has 0 fully saturated rings. The third kappa shape index (κ3) is 6.78. The number of nitrogens with one attached hydrogen (secondary N) is 1. The van der Waals surface area contributed by atoms with Gasteiger partial charge in [0.05, 0.1) is 13.0 Å². The fraction of sp³-hybridized carbons (Fsp3) is 0.500. The van der Waals surface area contributed by atoms with Gasteiger partial charge in [0.1, 0.15) is 12.4 Å². The van der Waals surface area contributed by atoms with E-state index < -0.39 is 23.5 Å². The molecular weight excluding hydrogens is 320 g/mol. The highest BCUT2D eigenvalue weighted by Gasteiger charge is 2.22. The number of nitrogens with two attached hydrogens (primary N) is 1. The van der Waals surface area contributed by atoms with Crippen LogP contribution in [0, 0.1) is 5.92 Å². The van der Waals surface area contributed by atoms with Crippen molar-refractivity contribution < 1.29 is 19.1 Å². The molecule has 0 aliphatic heterocycles. The van der Waals surface area contributed by atoms with Crippen molar-refractivity contribution in [3.8, 4) is 5.75 Å². The smallest absolute Gasteiger partial charge is 0.407 e. The van der Waals surface area contributed by atoms with Crippen LogP contribution in [0.4, 0.5) is 4.79 Å². The molecule has 1 aromatic carbocycles. The number of primary amides is 1. The van der Waals surface area contributed by atoms with Crippen LogP contribution in [0.3, 0.4) is 0 Å². The Kier molecular flexibility index (Phi) is 6.69. The number of carbonyl (C=O) groups excluding carboxylic acids is 2. The lowest BCUT2D eigenvalue weighted by Gasteiger charge is -2.21. The van der Waals surface area contributed by atoms with Crippen LogP contribution in [0.2, 0.25) is 5.02 Å². The van der Waals surface area contributed by atoms with Crippen molar-refractivity contribution in [2.45, 2.75) is 32.7 Å². The first-order chi connectivity index (χ1) is 10.6. The lowest BCUT2D eigenvalue weighted by Crippen LogP contribution is -2.42. The molecule has 1 rings (SSSR count). The largest absolute Gasteiger partial charge is 0.496 e. The van der Waals surface area contributed by atoms with E-state index in [1.165, 1.54) is 7.11 Å². The number of ether oxygens (including phenoxy) is 2. The zero-order valence-corrected chi connectivity index (χ0v) is 14.6. The Hall–Kier alpha value is -1.95. The zero-order chi connectivity index (χ0) is 17.6. The molecule has 23 heavy (non-hydrogen) atoms. The van der Waals surface area contributed by atoms with Crippen molar-refractivity contribution in [1.29, 1.82) is 0 Å². The maximum Gasteiger partial charge on any atom is 0.407 e. The molecule has 0 aliphatic carbocycles. The Balaban J connectivity index is 2.75. The lowest BCUT2D eigenvalue weighted by molar-refractivity contribution is -0.122. The van der Waals surface area contributed by atoms with Gasteiger partial charge in [-0.25, -0.2) is 4.79 Å². The number of carbonyl (C=O) groups is 2. The third-order valence-electron chi connectivity index (χ3n) is 3.00. The molecule has 0 radical (unpaired) electrons. The minimum absolute atomic E-state index is 0.118. The summed E-state index contributed by atoms with van der Waals surface area (Å²) in [6.07, 6.45) is -0.330. The molecule has 128 valence electrons. The monoisotopic (exact) mass is 342 g/mol. The standard InChI is InChI=1S/C16H23ClN2O4/c1-16(2,3)19-15(21)23-9-11(14(18)20)7-10-8-12(17)5-6-13(10)22-4/h5-6,8,11H,7,9H2,1-4H3,(H2,18,20)(H,19,21). The minimum atomic E-state index is -0.673. The van der Waals surface area contributed by atoms with E-state index in [-0.39, 0.29) is 13.0 Å². The highest BCUT2D eigenvalue weighted by molar-refractivity contribution is 6.30. The summed E-state index contributed by atoms with van der Waals surface area (Å²) in [5.41, 5.74) is 5.71. The molecule has 0 saturated carbocycles. The topological polar surface area (TPSA) is 90.7 Å². The summed E-state index contributed by atoms with van der Waals surface area (Å²) in [7, 11) is 1.53. The molecule has 6 nitrogen and oxygen atoms in total. The number of hydrogen-bond acceptors (Lipinski definition) is 4. The second kappa shape index (κ2) is 8.06. The first-order valence-electron chi connectivity index (χ1n) is 7.19. The van der Waals surface area contributed by atoms with E-state index in [1.807, 2.05) is 20.8 Å². The van der Waals surface area contributed by atoms with Crippen molar-refractivity contribution in [3.63, 3.8) is 0 Å². The van der Waals surface area contributed by atoms with Gasteiger partial charge in [-0.1, -0.05) is 11.6 Å². The second-order valence-electron chi connectivity index (χ2n) is 6.23. The van der Waals surface area contributed by atoms with E-state index >= 15 is 0 Å². The van der Waals surface area contributed by atoms with Gasteiger partial charge in [0.2, 0.25) is 5.91 Å². The quantitative estimate of drug-likeness (QED) is 0.831. The molecule has 0 aliphatic rings. The molecule has 1 unspecified atom stereocenters. The first-order valence-corrected chi connectivity index (χ1v) is 7.57. The van der Waals surface area contributed by atoms with E-state index in [9.17, 15) is 9.59 Å². The summed E-state index contributed by atoms with van der Waals surface area (Å²) in [6, 6.07) is 5.10. The molecule has 7 heteroatoms. The third-order valence-corrected chi connectivity index (χ3v) is 3.24. The predicted molar refractivity (Wildman–Crippen MR) is 88.6 cm³/mol. The minimum Gasteiger partial charge on any atom is -0.496 e. The number of amides is 2. The summed E-state index contributed by atoms with van der Waals surface area (Å²) < 4.78 is 10.3. The van der Waals surface area contributed by atoms with E-state index in [1.54, 1.807) is 18.2 Å². The van der Waals surface area contributed by atoms with Gasteiger partial charge in [0, 0.05) is 10.6 Å². The van der Waals surface area contributed by atoms with Crippen LogP contribution >= 0.6 is 11.6 Å². The van der Waals surface area contributed by atoms with Crippen LogP contribution in [0.1, 0.15) is 26.3 Å². The Morgan fingerprint density at radius 2 is 2.00 bits per heavy atom. The zero-order valence-electron chi connectivity index (χ0n) is 13.8. The average molecular weight is 343 g/mol. The molecule has 0 aromatic heterocycles. The van der Waals surface area contributed by atoms with Gasteiger partial charge < -0.3 is 20.5 Å². The maximum absolute atomic E-state index is 11.7. The molecule has 0 saturated heterocycles. The number of hydrogen-bond donors (Lipinski definition) is 2. The van der Waals surface area contributed by atoms with Gasteiger partial charge in [-0.05, 0) is 51.0 Å². The van der Waals surface area contributed by atoms with Crippen molar-refractivity contribution in [2.24, 2.45) is 11.7 Å². The van der Waals surface area contributed by atoms with Gasteiger partial charge in [-0.15, -0.1) is 0 Å². The van der Waals surface area contributed by atoms with Gasteiger partial charge in [0.15, 0.2) is 0 Å². The highest BCUT2D eigenvalue weighted by Crippen LogP contribution is 2.25. The second-order valence-corrected chi connectivity index (χ2v) is 6.67. The highest BCUT2D eigenvalue weighted by atomic mass is 35.5. The summed E-state index contributed by atoms with van der Waals surface area (Å²) in [5, 5.41) is 3.17. The average Bonchev–Trinajstić information content (AvgIpc) is 2.41. The lowest BCUT2D eigenvalue weighted by atomic mass is 9.98. The van der Waals surface area contributed by atoms with Gasteiger partial charge in [0.25, 0.3) is 0 Å². The Labute approximate surface area is 141 Å². The van der Waals surface area contributed by atoms with E-state index in [0.717, 1.165) is 5.56 Å². The van der Waals surface area contributed by atoms with Crippen LogP contribution in [0.25, 0.3) is 0 Å². The summed E-state index contributed by atoms with van der Waals surface area (Å²) >= 11 is 5.97. The SMILES string of the molecule is COc1ccc(Cl)cc1CC(COC(=O)NC(C)(C)C)C(N)=O. The van der Waals surface area contributed by atoms with Gasteiger partial charge in [-0.3, -0.25) is 4.79 Å². The molecule has 0 bridgehead atoms. The van der Waals surface area contributed by atoms with Crippen LogP contribution in [0.5, 0.6) is 5.75 Å². The van der Waals surface area contributed by atoms with Crippen LogP contribution in [-0.4, -0.2) is 31.3 Å². The fourth-order valence-electron chi connectivity index (χ4n) is 1.93. The molecular formula is C16H23ClN2O4. The molecule has 3 N–H and O–H groups in total. The number of benzene rings is 1. The molecule has 2 amide bonds. The predicted octanol–water partition coefficient (Wildman–Crippen LogP) is 2.52. The summed E-state index contributed by atoms with van der Waals surface area (Å²) in [6.45, 7) is 5.37. The molecule has 1 atom stereocenters. The van der Waals surface area contributed by atoms with Crippen LogP contribution in [-0.2, 0) is 16.0 Å². The van der Waals surface area contributed by atoms with Crippen molar-refractivity contribution in [2.75, 3.05) is 13.7 Å². The Bertz CT molecular complexity index is 570.